The van der Waals surface area contributed by atoms with Gasteiger partial charge in [0.15, 0.2) is 0 Å². The maximum Gasteiger partial charge on any atom is 0.239 e. The van der Waals surface area contributed by atoms with Crippen molar-refractivity contribution < 1.29 is 4.79 Å². The molecule has 2 unspecified atom stereocenters. The summed E-state index contributed by atoms with van der Waals surface area (Å²) in [5.41, 5.74) is 5.81. The zero-order valence-corrected chi connectivity index (χ0v) is 8.79. The summed E-state index contributed by atoms with van der Waals surface area (Å²) >= 11 is 0. The minimum Gasteiger partial charge on any atom is -0.339 e. The summed E-state index contributed by atoms with van der Waals surface area (Å²) in [4.78, 5) is 13.7. The van der Waals surface area contributed by atoms with E-state index in [1.807, 2.05) is 18.7 Å². The average Bonchev–Trinajstić information content (AvgIpc) is 2.48. The second-order valence-corrected chi connectivity index (χ2v) is 4.29. The molecular weight excluding hydrogens is 164 g/mol. The van der Waals surface area contributed by atoms with Gasteiger partial charge in [0.2, 0.25) is 5.91 Å². The van der Waals surface area contributed by atoms with E-state index in [1.165, 1.54) is 0 Å². The van der Waals surface area contributed by atoms with Gasteiger partial charge in [0.05, 0.1) is 6.04 Å². The van der Waals surface area contributed by atoms with Crippen molar-refractivity contribution in [2.45, 2.75) is 45.7 Å². The molecule has 0 aromatic rings. The van der Waals surface area contributed by atoms with Crippen LogP contribution < -0.4 is 5.73 Å². The minimum absolute atomic E-state index is 0.125. The van der Waals surface area contributed by atoms with Gasteiger partial charge in [-0.15, -0.1) is 0 Å². The van der Waals surface area contributed by atoms with E-state index in [2.05, 4.69) is 6.92 Å². The number of hydrogen-bond donors (Lipinski definition) is 1. The molecule has 1 aliphatic rings. The van der Waals surface area contributed by atoms with Crippen molar-refractivity contribution in [2.75, 3.05) is 6.54 Å². The minimum atomic E-state index is -0.319. The molecule has 0 saturated carbocycles. The van der Waals surface area contributed by atoms with Crippen LogP contribution in [0.2, 0.25) is 0 Å². The van der Waals surface area contributed by atoms with Crippen LogP contribution in [0.3, 0.4) is 0 Å². The van der Waals surface area contributed by atoms with E-state index in [0.29, 0.717) is 6.04 Å². The van der Waals surface area contributed by atoms with Gasteiger partial charge in [-0.3, -0.25) is 4.79 Å². The summed E-state index contributed by atoms with van der Waals surface area (Å²) in [6.07, 6.45) is 2.24. The number of rotatable bonds is 2. The van der Waals surface area contributed by atoms with Crippen molar-refractivity contribution in [3.8, 4) is 0 Å². The molecule has 1 aliphatic heterocycles. The van der Waals surface area contributed by atoms with Gasteiger partial charge >= 0.3 is 0 Å². The van der Waals surface area contributed by atoms with Gasteiger partial charge in [0, 0.05) is 12.6 Å². The second-order valence-electron chi connectivity index (χ2n) is 4.29. The van der Waals surface area contributed by atoms with Crippen LogP contribution in [0.1, 0.15) is 33.6 Å². The van der Waals surface area contributed by atoms with Crippen LogP contribution >= 0.6 is 0 Å². The summed E-state index contributed by atoms with van der Waals surface area (Å²) in [5, 5.41) is 0. The summed E-state index contributed by atoms with van der Waals surface area (Å²) in [6.45, 7) is 6.96. The molecule has 0 aliphatic carbocycles. The molecule has 1 heterocycles. The van der Waals surface area contributed by atoms with Crippen LogP contribution in [-0.4, -0.2) is 29.4 Å². The maximum absolute atomic E-state index is 11.8. The zero-order valence-electron chi connectivity index (χ0n) is 8.79. The molecule has 1 amide bonds. The van der Waals surface area contributed by atoms with Crippen molar-refractivity contribution in [2.24, 2.45) is 11.7 Å². The van der Waals surface area contributed by atoms with E-state index >= 15 is 0 Å². The Morgan fingerprint density at radius 3 is 2.54 bits per heavy atom. The third kappa shape index (κ3) is 2.21. The lowest BCUT2D eigenvalue weighted by atomic mass is 10.0. The van der Waals surface area contributed by atoms with Gasteiger partial charge in [0.1, 0.15) is 0 Å². The molecule has 76 valence electrons. The van der Waals surface area contributed by atoms with Crippen LogP contribution in [0, 0.1) is 5.92 Å². The maximum atomic E-state index is 11.8. The summed E-state index contributed by atoms with van der Waals surface area (Å²) < 4.78 is 0. The van der Waals surface area contributed by atoms with Crippen molar-refractivity contribution in [3.63, 3.8) is 0 Å². The Hall–Kier alpha value is -0.570. The predicted octanol–water partition coefficient (Wildman–Crippen LogP) is 0.981. The highest BCUT2D eigenvalue weighted by molar-refractivity contribution is 5.82. The Morgan fingerprint density at radius 2 is 2.15 bits per heavy atom. The number of carbonyl (C=O) groups excluding carboxylic acids is 1. The Labute approximate surface area is 80.3 Å². The molecule has 2 atom stereocenters. The molecule has 3 nitrogen and oxygen atoms in total. The summed E-state index contributed by atoms with van der Waals surface area (Å²) in [5.74, 6) is 0.361. The standard InChI is InChI=1S/C10H20N2O/c1-7(2)9(11)10(13)12-6-4-5-8(12)3/h7-9H,4-6,11H2,1-3H3. The van der Waals surface area contributed by atoms with Crippen molar-refractivity contribution in [3.05, 3.63) is 0 Å². The molecular formula is C10H20N2O. The number of nitrogens with two attached hydrogens (primary N) is 1. The van der Waals surface area contributed by atoms with Gasteiger partial charge in [-0.25, -0.2) is 0 Å². The van der Waals surface area contributed by atoms with Gasteiger partial charge in [0.25, 0.3) is 0 Å². The van der Waals surface area contributed by atoms with Crippen LogP contribution in [0.25, 0.3) is 0 Å². The van der Waals surface area contributed by atoms with Gasteiger partial charge in [-0.2, -0.15) is 0 Å². The molecule has 0 radical (unpaired) electrons. The fraction of sp³-hybridized carbons (Fsp3) is 0.900. The number of amides is 1. The highest BCUT2D eigenvalue weighted by Crippen LogP contribution is 2.18. The number of carbonyl (C=O) groups is 1. The molecule has 1 saturated heterocycles. The van der Waals surface area contributed by atoms with Gasteiger partial charge in [-0.1, -0.05) is 13.8 Å². The fourth-order valence-corrected chi connectivity index (χ4v) is 1.74. The largest absolute Gasteiger partial charge is 0.339 e. The molecule has 0 aromatic heterocycles. The molecule has 1 rings (SSSR count). The van der Waals surface area contributed by atoms with E-state index in [1.54, 1.807) is 0 Å². The Balaban J connectivity index is 2.56. The van der Waals surface area contributed by atoms with Crippen molar-refractivity contribution in [1.82, 2.24) is 4.90 Å². The molecule has 2 N–H and O–H groups in total. The second kappa shape index (κ2) is 4.09. The lowest BCUT2D eigenvalue weighted by Gasteiger charge is -2.26. The van der Waals surface area contributed by atoms with Crippen molar-refractivity contribution in [1.29, 1.82) is 0 Å². The summed E-state index contributed by atoms with van der Waals surface area (Å²) in [6, 6.07) is 0.0675. The smallest absolute Gasteiger partial charge is 0.239 e. The molecule has 0 spiro atoms. The van der Waals surface area contributed by atoms with E-state index < -0.39 is 0 Å². The highest BCUT2D eigenvalue weighted by Gasteiger charge is 2.29. The molecule has 3 heteroatoms. The van der Waals surface area contributed by atoms with Crippen LogP contribution in [-0.2, 0) is 4.79 Å². The normalized spacial score (nSPS) is 25.3. The van der Waals surface area contributed by atoms with E-state index in [4.69, 9.17) is 5.73 Å². The highest BCUT2D eigenvalue weighted by atomic mass is 16.2. The number of hydrogen-bond acceptors (Lipinski definition) is 2. The first-order valence-electron chi connectivity index (χ1n) is 5.10. The van der Waals surface area contributed by atoms with E-state index in [0.717, 1.165) is 19.4 Å². The monoisotopic (exact) mass is 184 g/mol. The van der Waals surface area contributed by atoms with Crippen LogP contribution in [0.5, 0.6) is 0 Å². The average molecular weight is 184 g/mol. The third-order valence-corrected chi connectivity index (χ3v) is 2.84. The predicted molar refractivity (Wildman–Crippen MR) is 53.2 cm³/mol. The number of nitrogens with zero attached hydrogens (tertiary/aromatic N) is 1. The topological polar surface area (TPSA) is 46.3 Å². The first kappa shape index (κ1) is 10.5. The zero-order chi connectivity index (χ0) is 10.0. The third-order valence-electron chi connectivity index (χ3n) is 2.84. The number of likely N-dealkylation sites (tertiary alicyclic amines) is 1. The Bertz CT molecular complexity index is 191. The lowest BCUT2D eigenvalue weighted by Crippen LogP contribution is -2.47. The first-order valence-corrected chi connectivity index (χ1v) is 5.10. The Morgan fingerprint density at radius 1 is 1.54 bits per heavy atom. The lowest BCUT2D eigenvalue weighted by molar-refractivity contribution is -0.134. The molecule has 0 aromatic carbocycles. The SMILES string of the molecule is CC(C)C(N)C(=O)N1CCCC1C. The van der Waals surface area contributed by atoms with E-state index in [9.17, 15) is 4.79 Å². The quantitative estimate of drug-likeness (QED) is 0.695. The Kier molecular flexibility index (Phi) is 3.31. The van der Waals surface area contributed by atoms with E-state index in [-0.39, 0.29) is 17.9 Å². The van der Waals surface area contributed by atoms with Crippen LogP contribution in [0.15, 0.2) is 0 Å². The van der Waals surface area contributed by atoms with Crippen LogP contribution in [0.4, 0.5) is 0 Å². The molecule has 0 bridgehead atoms. The van der Waals surface area contributed by atoms with Gasteiger partial charge < -0.3 is 10.6 Å². The first-order chi connectivity index (χ1) is 6.04. The summed E-state index contributed by atoms with van der Waals surface area (Å²) in [7, 11) is 0. The molecule has 1 fully saturated rings. The van der Waals surface area contributed by atoms with Crippen molar-refractivity contribution >= 4 is 5.91 Å². The van der Waals surface area contributed by atoms with Gasteiger partial charge in [-0.05, 0) is 25.7 Å². The fourth-order valence-electron chi connectivity index (χ4n) is 1.74. The molecule has 13 heavy (non-hydrogen) atoms.